The van der Waals surface area contributed by atoms with Gasteiger partial charge in [0.15, 0.2) is 0 Å². The van der Waals surface area contributed by atoms with E-state index in [0.717, 1.165) is 0 Å². The summed E-state index contributed by atoms with van der Waals surface area (Å²) in [7, 11) is -3.74. The first-order valence-electron chi connectivity index (χ1n) is 7.19. The zero-order valence-corrected chi connectivity index (χ0v) is 14.8. The molecule has 12 heteroatoms. The lowest BCUT2D eigenvalue weighted by Gasteiger charge is -2.08. The van der Waals surface area contributed by atoms with Gasteiger partial charge in [0.25, 0.3) is 0 Å². The molecule has 2 heterocycles. The highest BCUT2D eigenvalue weighted by atomic mass is 32.2. The van der Waals surface area contributed by atoms with Gasteiger partial charge in [0.2, 0.25) is 10.0 Å². The van der Waals surface area contributed by atoms with Crippen molar-refractivity contribution in [1.82, 2.24) is 20.2 Å². The summed E-state index contributed by atoms with van der Waals surface area (Å²) in [6.07, 6.45) is 1.38. The van der Waals surface area contributed by atoms with Crippen LogP contribution in [0.1, 0.15) is 9.67 Å². The number of rotatable bonds is 7. The number of hydrogen-bond donors (Lipinski definition) is 1. The molecule has 0 aliphatic carbocycles. The molecule has 1 aromatic carbocycles. The molecule has 0 atom stereocenters. The highest BCUT2D eigenvalue weighted by molar-refractivity contribution is 7.89. The van der Waals surface area contributed by atoms with Crippen LogP contribution in [-0.2, 0) is 14.8 Å². The van der Waals surface area contributed by atoms with Gasteiger partial charge in [-0.3, -0.25) is 0 Å². The van der Waals surface area contributed by atoms with Gasteiger partial charge in [-0.25, -0.2) is 18.4 Å². The van der Waals surface area contributed by atoms with Crippen molar-refractivity contribution in [2.24, 2.45) is 5.14 Å². The van der Waals surface area contributed by atoms with Crippen molar-refractivity contribution >= 4 is 27.3 Å². The van der Waals surface area contributed by atoms with E-state index in [-0.39, 0.29) is 18.1 Å². The Hall–Kier alpha value is -2.83. The number of primary sulfonamides is 1. The number of thiophene rings is 1. The van der Waals surface area contributed by atoms with Gasteiger partial charge in [-0.05, 0) is 46.1 Å². The monoisotopic (exact) mass is 395 g/mol. The van der Waals surface area contributed by atoms with Crippen LogP contribution in [0, 0.1) is 0 Å². The second kappa shape index (κ2) is 7.59. The first kappa shape index (κ1) is 18.0. The highest BCUT2D eigenvalue weighted by Crippen LogP contribution is 2.21. The Morgan fingerprint density at radius 3 is 2.62 bits per heavy atom. The van der Waals surface area contributed by atoms with Gasteiger partial charge >= 0.3 is 5.97 Å². The van der Waals surface area contributed by atoms with Crippen molar-refractivity contribution in [2.75, 3.05) is 13.2 Å². The number of nitrogens with two attached hydrogens (primary N) is 1. The van der Waals surface area contributed by atoms with Crippen LogP contribution in [0.3, 0.4) is 0 Å². The number of aromatic nitrogens is 4. The number of nitrogens with zero attached hydrogens (tertiary/aromatic N) is 4. The van der Waals surface area contributed by atoms with Crippen molar-refractivity contribution in [3.05, 3.63) is 46.9 Å². The molecule has 0 radical (unpaired) electrons. The number of carbonyl (C=O) groups excluding carboxylic acids is 1. The third-order valence-corrected chi connectivity index (χ3v) is 4.98. The number of sulfonamides is 1. The first-order valence-corrected chi connectivity index (χ1v) is 9.61. The standard InChI is InChI=1S/C14H13N5O5S2/c15-26(21,22)11-3-1-10(2-4-11)23-6-7-24-14(20)13-12(5-8-25-13)19-9-16-17-18-19/h1-5,8-9H,6-7H2,(H2,15,21,22). The van der Waals surface area contributed by atoms with Gasteiger partial charge in [0, 0.05) is 0 Å². The minimum Gasteiger partial charge on any atom is -0.490 e. The molecule has 0 amide bonds. The normalized spacial score (nSPS) is 11.3. The SMILES string of the molecule is NS(=O)(=O)c1ccc(OCCOC(=O)c2sccc2-n2cnnn2)cc1. The molecule has 136 valence electrons. The van der Waals surface area contributed by atoms with Crippen molar-refractivity contribution in [1.29, 1.82) is 0 Å². The van der Waals surface area contributed by atoms with Gasteiger partial charge in [-0.1, -0.05) is 0 Å². The number of carbonyl (C=O) groups is 1. The molecule has 0 aliphatic heterocycles. The van der Waals surface area contributed by atoms with E-state index in [9.17, 15) is 13.2 Å². The molecule has 3 rings (SSSR count). The number of tetrazole rings is 1. The summed E-state index contributed by atoms with van der Waals surface area (Å²) in [4.78, 5) is 12.5. The summed E-state index contributed by atoms with van der Waals surface area (Å²) in [5.41, 5.74) is 0.532. The molecule has 0 saturated carbocycles. The Kier molecular flexibility index (Phi) is 5.25. The maximum absolute atomic E-state index is 12.2. The maximum Gasteiger partial charge on any atom is 0.350 e. The number of hydrogen-bond acceptors (Lipinski definition) is 9. The van der Waals surface area contributed by atoms with Crippen molar-refractivity contribution in [3.63, 3.8) is 0 Å². The van der Waals surface area contributed by atoms with Crippen LogP contribution in [-0.4, -0.2) is 47.8 Å². The first-order chi connectivity index (χ1) is 12.4. The fourth-order valence-electron chi connectivity index (χ4n) is 1.99. The van der Waals surface area contributed by atoms with Crippen LogP contribution >= 0.6 is 11.3 Å². The lowest BCUT2D eigenvalue weighted by atomic mass is 10.3. The van der Waals surface area contributed by atoms with E-state index in [1.54, 1.807) is 11.4 Å². The molecular weight excluding hydrogens is 382 g/mol. The Bertz CT molecular complexity index is 983. The fraction of sp³-hybridized carbons (Fsp3) is 0.143. The lowest BCUT2D eigenvalue weighted by Crippen LogP contribution is -2.14. The van der Waals surface area contributed by atoms with Crippen LogP contribution in [0.25, 0.3) is 5.69 Å². The quantitative estimate of drug-likeness (QED) is 0.453. The average molecular weight is 395 g/mol. The summed E-state index contributed by atoms with van der Waals surface area (Å²) in [5, 5.41) is 17.5. The molecule has 0 saturated heterocycles. The van der Waals surface area contributed by atoms with Crippen LogP contribution < -0.4 is 9.88 Å². The van der Waals surface area contributed by atoms with Gasteiger partial charge in [0.05, 0.1) is 10.6 Å². The number of esters is 1. The molecule has 0 bridgehead atoms. The van der Waals surface area contributed by atoms with E-state index in [1.807, 2.05) is 0 Å². The largest absolute Gasteiger partial charge is 0.490 e. The minimum absolute atomic E-state index is 0.0101. The molecule has 0 fully saturated rings. The topological polar surface area (TPSA) is 139 Å². The van der Waals surface area contributed by atoms with Gasteiger partial charge in [-0.15, -0.1) is 16.4 Å². The van der Waals surface area contributed by atoms with Gasteiger partial charge in [0.1, 0.15) is 30.2 Å². The Balaban J connectivity index is 1.51. The molecule has 0 aliphatic rings. The fourth-order valence-corrected chi connectivity index (χ4v) is 3.28. The Morgan fingerprint density at radius 2 is 1.96 bits per heavy atom. The second-order valence-electron chi connectivity index (χ2n) is 4.89. The van der Waals surface area contributed by atoms with E-state index < -0.39 is 16.0 Å². The zero-order valence-electron chi connectivity index (χ0n) is 13.2. The van der Waals surface area contributed by atoms with Crippen LogP contribution in [0.15, 0.2) is 46.9 Å². The Morgan fingerprint density at radius 1 is 1.19 bits per heavy atom. The second-order valence-corrected chi connectivity index (χ2v) is 7.37. The minimum atomic E-state index is -3.74. The third kappa shape index (κ3) is 4.22. The zero-order chi connectivity index (χ0) is 18.6. The number of ether oxygens (including phenoxy) is 2. The predicted octanol–water partition coefficient (Wildman–Crippen LogP) is 0.607. The van der Waals surface area contributed by atoms with Gasteiger partial charge < -0.3 is 9.47 Å². The molecule has 2 aromatic heterocycles. The van der Waals surface area contributed by atoms with E-state index in [2.05, 4.69) is 15.5 Å². The lowest BCUT2D eigenvalue weighted by molar-refractivity contribution is 0.0456. The molecule has 3 aromatic rings. The molecule has 0 spiro atoms. The molecule has 0 unspecified atom stereocenters. The Labute approximate surface area is 152 Å². The van der Waals surface area contributed by atoms with Gasteiger partial charge in [-0.2, -0.15) is 4.68 Å². The molecule has 26 heavy (non-hydrogen) atoms. The summed E-state index contributed by atoms with van der Waals surface area (Å²) in [6, 6.07) is 7.32. The van der Waals surface area contributed by atoms with Crippen LogP contribution in [0.4, 0.5) is 0 Å². The van der Waals surface area contributed by atoms with Crippen molar-refractivity contribution in [2.45, 2.75) is 4.90 Å². The van der Waals surface area contributed by atoms with Crippen molar-refractivity contribution in [3.8, 4) is 11.4 Å². The molecule has 10 nitrogen and oxygen atoms in total. The maximum atomic E-state index is 12.2. The average Bonchev–Trinajstić information content (AvgIpc) is 3.28. The van der Waals surface area contributed by atoms with E-state index in [0.29, 0.717) is 16.3 Å². The van der Waals surface area contributed by atoms with Crippen molar-refractivity contribution < 1.29 is 22.7 Å². The molecular formula is C14H13N5O5S2. The summed E-state index contributed by atoms with van der Waals surface area (Å²) < 4.78 is 34.3. The highest BCUT2D eigenvalue weighted by Gasteiger charge is 2.17. The van der Waals surface area contributed by atoms with Crippen LogP contribution in [0.5, 0.6) is 5.75 Å². The van der Waals surface area contributed by atoms with E-state index >= 15 is 0 Å². The summed E-state index contributed by atoms with van der Waals surface area (Å²) >= 11 is 1.21. The third-order valence-electron chi connectivity index (χ3n) is 3.16. The number of benzene rings is 1. The van der Waals surface area contributed by atoms with Crippen LogP contribution in [0.2, 0.25) is 0 Å². The molecule has 2 N–H and O–H groups in total. The smallest absolute Gasteiger partial charge is 0.350 e. The summed E-state index contributed by atoms with van der Waals surface area (Å²) in [5.74, 6) is -0.0855. The van der Waals surface area contributed by atoms with E-state index in [4.69, 9.17) is 14.6 Å². The predicted molar refractivity (Wildman–Crippen MR) is 90.6 cm³/mol. The van der Waals surface area contributed by atoms with E-state index in [1.165, 1.54) is 46.6 Å². The summed E-state index contributed by atoms with van der Waals surface area (Å²) in [6.45, 7) is 0.120.